The van der Waals surface area contributed by atoms with Gasteiger partial charge in [-0.1, -0.05) is 30.9 Å². The molecule has 0 radical (unpaired) electrons. The Bertz CT molecular complexity index is 913. The Morgan fingerprint density at radius 1 is 1.20 bits per heavy atom. The van der Waals surface area contributed by atoms with Crippen molar-refractivity contribution in [2.45, 2.75) is 45.1 Å². The van der Waals surface area contributed by atoms with Crippen LogP contribution in [0.25, 0.3) is 16.9 Å². The lowest BCUT2D eigenvalue weighted by Gasteiger charge is -2.24. The molecule has 130 valence electrons. The summed E-state index contributed by atoms with van der Waals surface area (Å²) in [7, 11) is 0. The van der Waals surface area contributed by atoms with E-state index in [1.54, 1.807) is 6.07 Å². The number of imidazole rings is 1. The van der Waals surface area contributed by atoms with E-state index in [1.807, 2.05) is 35.7 Å². The molecule has 2 heterocycles. The van der Waals surface area contributed by atoms with Crippen LogP contribution in [0.4, 0.5) is 10.2 Å². The van der Waals surface area contributed by atoms with Gasteiger partial charge in [-0.15, -0.1) is 0 Å². The van der Waals surface area contributed by atoms with Crippen molar-refractivity contribution >= 4 is 27.4 Å². The van der Waals surface area contributed by atoms with E-state index in [0.717, 1.165) is 34.3 Å². The van der Waals surface area contributed by atoms with Gasteiger partial charge in [-0.05, 0) is 60.0 Å². The van der Waals surface area contributed by atoms with E-state index in [-0.39, 0.29) is 5.82 Å². The molecule has 1 aliphatic rings. The van der Waals surface area contributed by atoms with Gasteiger partial charge in [-0.3, -0.25) is 4.40 Å². The highest BCUT2D eigenvalue weighted by atomic mass is 79.9. The maximum atomic E-state index is 14.6. The number of hydrogen-bond acceptors (Lipinski definition) is 2. The first-order chi connectivity index (χ1) is 12.1. The quantitative estimate of drug-likeness (QED) is 0.586. The molecule has 1 N–H and O–H groups in total. The highest BCUT2D eigenvalue weighted by Crippen LogP contribution is 2.35. The molecule has 1 fully saturated rings. The van der Waals surface area contributed by atoms with E-state index in [1.165, 1.54) is 25.3 Å². The van der Waals surface area contributed by atoms with Crippen LogP contribution in [0.1, 0.15) is 37.7 Å². The van der Waals surface area contributed by atoms with Gasteiger partial charge in [-0.25, -0.2) is 9.37 Å². The van der Waals surface area contributed by atoms with Crippen molar-refractivity contribution < 1.29 is 4.39 Å². The molecular formula is C20H21BrFN3. The largest absolute Gasteiger partial charge is 0.367 e. The zero-order chi connectivity index (χ0) is 17.4. The molecule has 0 bridgehead atoms. The molecule has 1 aromatic carbocycles. The monoisotopic (exact) mass is 401 g/mol. The first-order valence-corrected chi connectivity index (χ1v) is 9.62. The summed E-state index contributed by atoms with van der Waals surface area (Å²) in [5.41, 5.74) is 3.06. The molecule has 0 saturated heterocycles. The Balaban J connectivity index is 1.88. The second-order valence-corrected chi connectivity index (χ2v) is 7.68. The van der Waals surface area contributed by atoms with Crippen LogP contribution < -0.4 is 5.32 Å². The Kier molecular flexibility index (Phi) is 4.50. The highest BCUT2D eigenvalue weighted by Gasteiger charge is 2.22. The number of benzene rings is 1. The Morgan fingerprint density at radius 2 is 2.00 bits per heavy atom. The van der Waals surface area contributed by atoms with Crippen LogP contribution in [0.2, 0.25) is 0 Å². The maximum absolute atomic E-state index is 14.6. The van der Waals surface area contributed by atoms with Gasteiger partial charge in [-0.2, -0.15) is 0 Å². The van der Waals surface area contributed by atoms with Gasteiger partial charge in [0.05, 0.1) is 4.47 Å². The van der Waals surface area contributed by atoms with Crippen molar-refractivity contribution in [3.63, 3.8) is 0 Å². The molecule has 4 rings (SSSR count). The molecule has 0 amide bonds. The summed E-state index contributed by atoms with van der Waals surface area (Å²) in [6.07, 6.45) is 8.07. The third kappa shape index (κ3) is 3.17. The Morgan fingerprint density at radius 3 is 2.80 bits per heavy atom. The molecule has 1 saturated carbocycles. The van der Waals surface area contributed by atoms with Gasteiger partial charge in [0, 0.05) is 17.8 Å². The Hall–Kier alpha value is -1.88. The van der Waals surface area contributed by atoms with Gasteiger partial charge in [0.1, 0.15) is 17.3 Å². The zero-order valence-electron chi connectivity index (χ0n) is 14.2. The first kappa shape index (κ1) is 16.6. The SMILES string of the molecule is Cc1ccc(F)c(-c2nc3c(Br)cccn3c2NC2CCCCC2)c1. The standard InChI is InChI=1S/C20H21BrFN3/c1-13-9-10-17(22)15(12-13)18-20(23-14-6-3-2-4-7-14)25-11-5-8-16(21)19(25)24-18/h5,8-12,14,23H,2-4,6-7H2,1H3. The van der Waals surface area contributed by atoms with E-state index in [4.69, 9.17) is 4.98 Å². The number of pyridine rings is 1. The fourth-order valence-electron chi connectivity index (χ4n) is 3.62. The smallest absolute Gasteiger partial charge is 0.153 e. The number of aryl methyl sites for hydroxylation is 1. The number of aromatic nitrogens is 2. The van der Waals surface area contributed by atoms with Crippen LogP contribution in [0, 0.1) is 12.7 Å². The van der Waals surface area contributed by atoms with Gasteiger partial charge < -0.3 is 5.32 Å². The van der Waals surface area contributed by atoms with E-state index < -0.39 is 0 Å². The third-order valence-electron chi connectivity index (χ3n) is 4.93. The summed E-state index contributed by atoms with van der Waals surface area (Å²) in [4.78, 5) is 4.76. The van der Waals surface area contributed by atoms with E-state index in [0.29, 0.717) is 17.3 Å². The predicted molar refractivity (Wildman–Crippen MR) is 104 cm³/mol. The molecule has 2 aromatic heterocycles. The summed E-state index contributed by atoms with van der Waals surface area (Å²) in [5.74, 6) is 0.643. The molecule has 3 nitrogen and oxygen atoms in total. The lowest BCUT2D eigenvalue weighted by molar-refractivity contribution is 0.461. The van der Waals surface area contributed by atoms with Crippen molar-refractivity contribution in [1.82, 2.24) is 9.38 Å². The molecular weight excluding hydrogens is 381 g/mol. The van der Waals surface area contributed by atoms with E-state index in [9.17, 15) is 4.39 Å². The maximum Gasteiger partial charge on any atom is 0.153 e. The number of hydrogen-bond donors (Lipinski definition) is 1. The second kappa shape index (κ2) is 6.79. The van der Waals surface area contributed by atoms with Crippen LogP contribution in [0.3, 0.4) is 0 Å². The van der Waals surface area contributed by atoms with E-state index in [2.05, 4.69) is 21.2 Å². The summed E-state index contributed by atoms with van der Waals surface area (Å²) in [6, 6.07) is 9.54. The number of anilines is 1. The first-order valence-electron chi connectivity index (χ1n) is 8.83. The highest BCUT2D eigenvalue weighted by molar-refractivity contribution is 9.10. The summed E-state index contributed by atoms with van der Waals surface area (Å²) < 4.78 is 17.5. The minimum atomic E-state index is -0.239. The number of rotatable bonds is 3. The van der Waals surface area contributed by atoms with Crippen LogP contribution in [-0.4, -0.2) is 15.4 Å². The second-order valence-electron chi connectivity index (χ2n) is 6.82. The fraction of sp³-hybridized carbons (Fsp3) is 0.350. The molecule has 1 aliphatic carbocycles. The molecule has 3 aromatic rings. The van der Waals surface area contributed by atoms with Crippen molar-refractivity contribution in [2.24, 2.45) is 0 Å². The van der Waals surface area contributed by atoms with Crippen molar-refractivity contribution in [2.75, 3.05) is 5.32 Å². The molecule has 25 heavy (non-hydrogen) atoms. The molecule has 0 spiro atoms. The van der Waals surface area contributed by atoms with Gasteiger partial charge in [0.15, 0.2) is 5.65 Å². The summed E-state index contributed by atoms with van der Waals surface area (Å²) in [5, 5.41) is 3.66. The fourth-order valence-corrected chi connectivity index (χ4v) is 4.05. The minimum absolute atomic E-state index is 0.239. The van der Waals surface area contributed by atoms with Crippen molar-refractivity contribution in [3.05, 3.63) is 52.4 Å². The topological polar surface area (TPSA) is 29.3 Å². The zero-order valence-corrected chi connectivity index (χ0v) is 15.8. The Labute approximate surface area is 155 Å². The average molecular weight is 402 g/mol. The average Bonchev–Trinajstić information content (AvgIpc) is 2.98. The lowest BCUT2D eigenvalue weighted by atomic mass is 9.95. The van der Waals surface area contributed by atoms with E-state index >= 15 is 0 Å². The van der Waals surface area contributed by atoms with Crippen molar-refractivity contribution in [1.29, 1.82) is 0 Å². The van der Waals surface area contributed by atoms with Crippen molar-refractivity contribution in [3.8, 4) is 11.3 Å². The number of halogens is 2. The molecule has 0 atom stereocenters. The van der Waals surface area contributed by atoms with Gasteiger partial charge in [0.2, 0.25) is 0 Å². The molecule has 0 unspecified atom stereocenters. The van der Waals surface area contributed by atoms with Gasteiger partial charge >= 0.3 is 0 Å². The lowest BCUT2D eigenvalue weighted by Crippen LogP contribution is -2.23. The number of nitrogens with zero attached hydrogens (tertiary/aromatic N) is 2. The molecule has 5 heteroatoms. The minimum Gasteiger partial charge on any atom is -0.367 e. The molecule has 0 aliphatic heterocycles. The summed E-state index contributed by atoms with van der Waals surface area (Å²) in [6.45, 7) is 1.98. The normalized spacial score (nSPS) is 15.6. The number of nitrogens with one attached hydrogen (secondary N) is 1. The van der Waals surface area contributed by atoms with Crippen LogP contribution >= 0.6 is 15.9 Å². The number of fused-ring (bicyclic) bond motifs is 1. The van der Waals surface area contributed by atoms with Crippen LogP contribution in [-0.2, 0) is 0 Å². The predicted octanol–water partition coefficient (Wildman–Crippen LogP) is 5.96. The summed E-state index contributed by atoms with van der Waals surface area (Å²) >= 11 is 3.57. The van der Waals surface area contributed by atoms with Crippen LogP contribution in [0.5, 0.6) is 0 Å². The van der Waals surface area contributed by atoms with Crippen LogP contribution in [0.15, 0.2) is 41.0 Å². The van der Waals surface area contributed by atoms with Gasteiger partial charge in [0.25, 0.3) is 0 Å². The third-order valence-corrected chi connectivity index (χ3v) is 5.54.